The Hall–Kier alpha value is -2.12. The molecule has 0 radical (unpaired) electrons. The van der Waals surface area contributed by atoms with Crippen molar-refractivity contribution < 1.29 is 14.3 Å². The van der Waals surface area contributed by atoms with Gasteiger partial charge in [0.05, 0.1) is 19.8 Å². The number of amides is 1. The highest BCUT2D eigenvalue weighted by Crippen LogP contribution is 2.18. The molecule has 2 N–H and O–H groups in total. The quantitative estimate of drug-likeness (QED) is 0.253. The Morgan fingerprint density at radius 2 is 1.87 bits per heavy atom. The first-order valence-electron chi connectivity index (χ1n) is 11.7. The number of hydrogen-bond acceptors (Lipinski definition) is 4. The van der Waals surface area contributed by atoms with Crippen LogP contribution in [0.4, 0.5) is 0 Å². The number of rotatable bonds is 15. The van der Waals surface area contributed by atoms with E-state index in [1.807, 2.05) is 30.0 Å². The molecule has 1 aromatic carbocycles. The molecule has 0 saturated carbocycles. The third-order valence-corrected chi connectivity index (χ3v) is 5.21. The van der Waals surface area contributed by atoms with Gasteiger partial charge >= 0.3 is 0 Å². The molecule has 7 heteroatoms. The van der Waals surface area contributed by atoms with Crippen LogP contribution in [0.25, 0.3) is 0 Å². The maximum atomic E-state index is 12.4. The molecule has 1 amide bonds. The number of nitrogens with one attached hydrogen (secondary N) is 2. The third-order valence-electron chi connectivity index (χ3n) is 5.21. The first-order valence-corrected chi connectivity index (χ1v) is 11.7. The van der Waals surface area contributed by atoms with Gasteiger partial charge in [-0.1, -0.05) is 43.7 Å². The van der Waals surface area contributed by atoms with Gasteiger partial charge in [-0.15, -0.1) is 0 Å². The van der Waals surface area contributed by atoms with Gasteiger partial charge in [-0.3, -0.25) is 9.79 Å². The molecule has 1 atom stereocenters. The first kappa shape index (κ1) is 25.1. The van der Waals surface area contributed by atoms with Crippen LogP contribution in [0.1, 0.15) is 38.7 Å². The lowest BCUT2D eigenvalue weighted by Gasteiger charge is -2.16. The zero-order valence-corrected chi connectivity index (χ0v) is 19.3. The Labute approximate surface area is 187 Å². The highest BCUT2D eigenvalue weighted by atomic mass is 16.5. The van der Waals surface area contributed by atoms with Crippen molar-refractivity contribution in [3.05, 3.63) is 35.9 Å². The van der Waals surface area contributed by atoms with E-state index >= 15 is 0 Å². The van der Waals surface area contributed by atoms with Crippen molar-refractivity contribution in [1.29, 1.82) is 0 Å². The summed E-state index contributed by atoms with van der Waals surface area (Å²) in [5.74, 6) is 1.29. The number of nitrogens with zero attached hydrogens (tertiary/aromatic N) is 2. The van der Waals surface area contributed by atoms with Gasteiger partial charge in [0.25, 0.3) is 0 Å². The van der Waals surface area contributed by atoms with Gasteiger partial charge < -0.3 is 25.0 Å². The average Bonchev–Trinajstić information content (AvgIpc) is 3.15. The van der Waals surface area contributed by atoms with Crippen LogP contribution in [0.5, 0.6) is 0 Å². The van der Waals surface area contributed by atoms with Crippen LogP contribution in [-0.2, 0) is 20.7 Å². The summed E-state index contributed by atoms with van der Waals surface area (Å²) in [6.07, 6.45) is 3.73. The summed E-state index contributed by atoms with van der Waals surface area (Å²) in [6, 6.07) is 10.3. The number of hydrogen-bond donors (Lipinski definition) is 2. The Morgan fingerprint density at radius 1 is 1.10 bits per heavy atom. The molecule has 1 aliphatic heterocycles. The molecule has 2 rings (SSSR count). The summed E-state index contributed by atoms with van der Waals surface area (Å²) in [7, 11) is 0. The number of ether oxygens (including phenoxy) is 2. The maximum Gasteiger partial charge on any atom is 0.223 e. The summed E-state index contributed by atoms with van der Waals surface area (Å²) >= 11 is 0. The number of carbonyl (C=O) groups excluding carboxylic acids is 1. The molecule has 1 fully saturated rings. The van der Waals surface area contributed by atoms with E-state index in [0.717, 1.165) is 51.5 Å². The van der Waals surface area contributed by atoms with Crippen molar-refractivity contribution in [2.45, 2.75) is 39.5 Å². The van der Waals surface area contributed by atoms with E-state index in [0.29, 0.717) is 39.3 Å². The fourth-order valence-corrected chi connectivity index (χ4v) is 3.47. The second-order valence-corrected chi connectivity index (χ2v) is 7.87. The molecule has 1 aliphatic rings. The number of likely N-dealkylation sites (tertiary alicyclic amines) is 1. The number of benzene rings is 1. The minimum Gasteiger partial charge on any atom is -0.379 e. The Balaban J connectivity index is 1.63. The van der Waals surface area contributed by atoms with Crippen molar-refractivity contribution in [3.63, 3.8) is 0 Å². The molecule has 174 valence electrons. The van der Waals surface area contributed by atoms with Crippen molar-refractivity contribution in [2.24, 2.45) is 10.9 Å². The Bertz CT molecular complexity index is 639. The zero-order chi connectivity index (χ0) is 22.2. The van der Waals surface area contributed by atoms with E-state index in [1.54, 1.807) is 0 Å². The molecule has 1 unspecified atom stereocenters. The molecule has 0 bridgehead atoms. The SMILES string of the molecule is CCCCOCCOCCNC(=NCC1CC(=O)N(CCc2ccccc2)C1)NCC. The highest BCUT2D eigenvalue weighted by molar-refractivity contribution is 5.80. The van der Waals surface area contributed by atoms with Crippen molar-refractivity contribution in [2.75, 3.05) is 59.2 Å². The lowest BCUT2D eigenvalue weighted by atomic mass is 10.1. The minimum atomic E-state index is 0.239. The van der Waals surface area contributed by atoms with Crippen LogP contribution in [-0.4, -0.2) is 75.9 Å². The average molecular weight is 433 g/mol. The Kier molecular flexibility index (Phi) is 12.7. The van der Waals surface area contributed by atoms with Crippen LogP contribution in [0.15, 0.2) is 35.3 Å². The monoisotopic (exact) mass is 432 g/mol. The van der Waals surface area contributed by atoms with Crippen molar-refractivity contribution in [3.8, 4) is 0 Å². The van der Waals surface area contributed by atoms with E-state index in [1.165, 1.54) is 5.56 Å². The Morgan fingerprint density at radius 3 is 2.61 bits per heavy atom. The summed E-state index contributed by atoms with van der Waals surface area (Å²) in [5.41, 5.74) is 1.27. The van der Waals surface area contributed by atoms with Crippen molar-refractivity contribution >= 4 is 11.9 Å². The third kappa shape index (κ3) is 10.6. The first-order chi connectivity index (χ1) is 15.2. The van der Waals surface area contributed by atoms with Crippen LogP contribution < -0.4 is 10.6 Å². The van der Waals surface area contributed by atoms with E-state index < -0.39 is 0 Å². The molecule has 0 aromatic heterocycles. The molecular formula is C24H40N4O3. The van der Waals surface area contributed by atoms with Crippen LogP contribution in [0.2, 0.25) is 0 Å². The van der Waals surface area contributed by atoms with Gasteiger partial charge in [-0.05, 0) is 25.3 Å². The maximum absolute atomic E-state index is 12.4. The van der Waals surface area contributed by atoms with Crippen LogP contribution >= 0.6 is 0 Å². The topological polar surface area (TPSA) is 75.2 Å². The molecule has 1 saturated heterocycles. The number of unbranched alkanes of at least 4 members (excludes halogenated alkanes) is 1. The van der Waals surface area contributed by atoms with Crippen LogP contribution in [0.3, 0.4) is 0 Å². The van der Waals surface area contributed by atoms with E-state index in [4.69, 9.17) is 9.47 Å². The summed E-state index contributed by atoms with van der Waals surface area (Å²) in [5, 5.41) is 6.56. The summed E-state index contributed by atoms with van der Waals surface area (Å²) in [6.45, 7) is 10.6. The minimum absolute atomic E-state index is 0.239. The second-order valence-electron chi connectivity index (χ2n) is 7.87. The van der Waals surface area contributed by atoms with Gasteiger partial charge in [0.1, 0.15) is 0 Å². The molecule has 1 aromatic rings. The number of aliphatic imine (C=N–C) groups is 1. The van der Waals surface area contributed by atoms with E-state index in [2.05, 4.69) is 34.7 Å². The van der Waals surface area contributed by atoms with Gasteiger partial charge in [-0.25, -0.2) is 0 Å². The van der Waals surface area contributed by atoms with E-state index in [-0.39, 0.29) is 11.8 Å². The lowest BCUT2D eigenvalue weighted by Crippen LogP contribution is -2.39. The smallest absolute Gasteiger partial charge is 0.223 e. The summed E-state index contributed by atoms with van der Waals surface area (Å²) < 4.78 is 11.1. The fourth-order valence-electron chi connectivity index (χ4n) is 3.47. The summed E-state index contributed by atoms with van der Waals surface area (Å²) in [4.78, 5) is 19.0. The zero-order valence-electron chi connectivity index (χ0n) is 19.3. The van der Waals surface area contributed by atoms with Crippen LogP contribution in [0, 0.1) is 5.92 Å². The standard InChI is InChI=1S/C24H40N4O3/c1-3-5-14-30-16-17-31-15-12-26-24(25-4-2)27-19-22-18-23(29)28(20-22)13-11-21-9-7-6-8-10-21/h6-10,22H,3-5,11-20H2,1-2H3,(H2,25,26,27). The van der Waals surface area contributed by atoms with Crippen molar-refractivity contribution in [1.82, 2.24) is 15.5 Å². The van der Waals surface area contributed by atoms with Gasteiger partial charge in [0.2, 0.25) is 5.91 Å². The number of guanidine groups is 1. The van der Waals surface area contributed by atoms with E-state index in [9.17, 15) is 4.79 Å². The second kappa shape index (κ2) is 15.6. The highest BCUT2D eigenvalue weighted by Gasteiger charge is 2.28. The predicted octanol–water partition coefficient (Wildman–Crippen LogP) is 2.47. The fraction of sp³-hybridized carbons (Fsp3) is 0.667. The molecule has 0 spiro atoms. The van der Waals surface area contributed by atoms with Gasteiger partial charge in [0, 0.05) is 51.7 Å². The predicted molar refractivity (Wildman–Crippen MR) is 125 cm³/mol. The molecule has 31 heavy (non-hydrogen) atoms. The molecule has 0 aliphatic carbocycles. The molecule has 1 heterocycles. The van der Waals surface area contributed by atoms with Gasteiger partial charge in [0.15, 0.2) is 5.96 Å². The normalized spacial score (nSPS) is 16.7. The molecule has 7 nitrogen and oxygen atoms in total. The van der Waals surface area contributed by atoms with Gasteiger partial charge in [-0.2, -0.15) is 0 Å². The largest absolute Gasteiger partial charge is 0.379 e. The number of carbonyl (C=O) groups is 1. The lowest BCUT2D eigenvalue weighted by molar-refractivity contribution is -0.127. The molecular weight excluding hydrogens is 392 g/mol.